The van der Waals surface area contributed by atoms with Gasteiger partial charge in [-0.05, 0) is 44.4 Å². The molecule has 0 spiro atoms. The zero-order valence-electron chi connectivity index (χ0n) is 15.4. The lowest BCUT2D eigenvalue weighted by atomic mass is 9.97. The van der Waals surface area contributed by atoms with Crippen molar-refractivity contribution in [3.8, 4) is 0 Å². The second-order valence-electron chi connectivity index (χ2n) is 6.90. The number of carbonyl (C=O) groups is 2. The van der Waals surface area contributed by atoms with E-state index in [1.165, 1.54) is 13.2 Å². The van der Waals surface area contributed by atoms with Gasteiger partial charge < -0.3 is 10.1 Å². The Morgan fingerprint density at radius 2 is 1.88 bits per heavy atom. The van der Waals surface area contributed by atoms with Crippen molar-refractivity contribution in [2.45, 2.75) is 57.7 Å². The number of ether oxygens (including phenoxy) is 1. The van der Waals surface area contributed by atoms with E-state index < -0.39 is 23.6 Å². The Morgan fingerprint density at radius 3 is 2.46 bits per heavy atom. The van der Waals surface area contributed by atoms with Gasteiger partial charge in [-0.3, -0.25) is 9.69 Å². The van der Waals surface area contributed by atoms with Crippen molar-refractivity contribution in [1.29, 1.82) is 0 Å². The van der Waals surface area contributed by atoms with Crippen molar-refractivity contribution in [3.05, 3.63) is 35.4 Å². The van der Waals surface area contributed by atoms with E-state index in [1.807, 2.05) is 0 Å². The molecule has 26 heavy (non-hydrogen) atoms. The van der Waals surface area contributed by atoms with Gasteiger partial charge >= 0.3 is 5.97 Å². The standard InChI is InChI=1S/C19H26F2N2O3/c1-12-5-4-6-13(2)23(12)11-18(24)22-17(19(25)26-3)10-14-7-8-15(20)16(21)9-14/h7-9,12-13,17H,4-6,10-11H2,1-3H3,(H,22,24)/t12-,13+,17?. The summed E-state index contributed by atoms with van der Waals surface area (Å²) in [6.07, 6.45) is 3.24. The third kappa shape index (κ3) is 5.24. The molecule has 2 rings (SSSR count). The average molecular weight is 368 g/mol. The monoisotopic (exact) mass is 368 g/mol. The summed E-state index contributed by atoms with van der Waals surface area (Å²) < 4.78 is 31.2. The van der Waals surface area contributed by atoms with E-state index in [-0.39, 0.29) is 18.9 Å². The van der Waals surface area contributed by atoms with Gasteiger partial charge in [0.05, 0.1) is 13.7 Å². The predicted octanol–water partition coefficient (Wildman–Crippen LogP) is 2.43. The van der Waals surface area contributed by atoms with Crippen molar-refractivity contribution in [1.82, 2.24) is 10.2 Å². The highest BCUT2D eigenvalue weighted by molar-refractivity contribution is 5.85. The Bertz CT molecular complexity index is 644. The molecule has 0 aliphatic carbocycles. The van der Waals surface area contributed by atoms with Crippen molar-refractivity contribution in [2.75, 3.05) is 13.7 Å². The fourth-order valence-corrected chi connectivity index (χ4v) is 3.43. The van der Waals surface area contributed by atoms with Gasteiger partial charge in [0.1, 0.15) is 6.04 Å². The number of esters is 1. The first-order valence-electron chi connectivity index (χ1n) is 8.88. The van der Waals surface area contributed by atoms with Crippen LogP contribution in [0.25, 0.3) is 0 Å². The fraction of sp³-hybridized carbons (Fsp3) is 0.579. The van der Waals surface area contributed by atoms with Crippen LogP contribution in [0.4, 0.5) is 8.78 Å². The van der Waals surface area contributed by atoms with Crippen LogP contribution < -0.4 is 5.32 Å². The van der Waals surface area contributed by atoms with E-state index in [9.17, 15) is 18.4 Å². The maximum Gasteiger partial charge on any atom is 0.328 e. The number of nitrogens with zero attached hydrogens (tertiary/aromatic N) is 1. The molecular formula is C19H26F2N2O3. The lowest BCUT2D eigenvalue weighted by Gasteiger charge is -2.38. The van der Waals surface area contributed by atoms with Crippen LogP contribution in [-0.2, 0) is 20.7 Å². The van der Waals surface area contributed by atoms with E-state index in [4.69, 9.17) is 4.74 Å². The van der Waals surface area contributed by atoms with Crippen LogP contribution in [0.15, 0.2) is 18.2 Å². The van der Waals surface area contributed by atoms with E-state index in [0.717, 1.165) is 31.4 Å². The maximum absolute atomic E-state index is 13.4. The molecule has 3 atom stereocenters. The molecule has 1 unspecified atom stereocenters. The number of rotatable bonds is 6. The summed E-state index contributed by atoms with van der Waals surface area (Å²) in [4.78, 5) is 26.6. The first-order valence-corrected chi connectivity index (χ1v) is 8.88. The lowest BCUT2D eigenvalue weighted by molar-refractivity contribution is -0.145. The van der Waals surface area contributed by atoms with Gasteiger partial charge in [-0.25, -0.2) is 13.6 Å². The summed E-state index contributed by atoms with van der Waals surface area (Å²) in [5.74, 6) is -2.86. The molecule has 0 saturated carbocycles. The van der Waals surface area contributed by atoms with Crippen molar-refractivity contribution < 1.29 is 23.1 Å². The van der Waals surface area contributed by atoms with Crippen LogP contribution in [0, 0.1) is 11.6 Å². The predicted molar refractivity (Wildman–Crippen MR) is 93.5 cm³/mol. The van der Waals surface area contributed by atoms with Gasteiger partial charge in [0.2, 0.25) is 5.91 Å². The molecule has 0 aromatic heterocycles. The summed E-state index contributed by atoms with van der Waals surface area (Å²) in [5.41, 5.74) is 0.402. The number of halogens is 2. The first-order chi connectivity index (χ1) is 12.3. The normalized spacial score (nSPS) is 21.9. The molecule has 1 aliphatic rings. The Balaban J connectivity index is 2.03. The number of piperidine rings is 1. The molecule has 1 heterocycles. The number of amides is 1. The van der Waals surface area contributed by atoms with Gasteiger partial charge in [-0.2, -0.15) is 0 Å². The Kier molecular flexibility index (Phi) is 7.08. The molecule has 1 aromatic rings. The van der Waals surface area contributed by atoms with E-state index in [1.54, 1.807) is 0 Å². The number of methoxy groups -OCH3 is 1. The SMILES string of the molecule is COC(=O)C(Cc1ccc(F)c(F)c1)NC(=O)CN1[C@H](C)CCC[C@@H]1C. The lowest BCUT2D eigenvalue weighted by Crippen LogP contribution is -2.52. The zero-order valence-corrected chi connectivity index (χ0v) is 15.4. The van der Waals surface area contributed by atoms with Gasteiger partial charge in [-0.1, -0.05) is 12.5 Å². The number of likely N-dealkylation sites (tertiary alicyclic amines) is 1. The van der Waals surface area contributed by atoms with Crippen LogP contribution in [0.5, 0.6) is 0 Å². The number of hydrogen-bond donors (Lipinski definition) is 1. The minimum atomic E-state index is -0.992. The fourth-order valence-electron chi connectivity index (χ4n) is 3.43. The smallest absolute Gasteiger partial charge is 0.328 e. The van der Waals surface area contributed by atoms with Crippen LogP contribution in [0.1, 0.15) is 38.7 Å². The van der Waals surface area contributed by atoms with E-state index in [2.05, 4.69) is 24.1 Å². The molecule has 1 N–H and O–H groups in total. The topological polar surface area (TPSA) is 58.6 Å². The number of benzene rings is 1. The van der Waals surface area contributed by atoms with Gasteiger partial charge in [-0.15, -0.1) is 0 Å². The third-order valence-corrected chi connectivity index (χ3v) is 4.95. The molecule has 144 valence electrons. The van der Waals surface area contributed by atoms with Gasteiger partial charge in [0, 0.05) is 18.5 Å². The zero-order chi connectivity index (χ0) is 19.3. The Labute approximate surface area is 152 Å². The quantitative estimate of drug-likeness (QED) is 0.784. The van der Waals surface area contributed by atoms with Crippen molar-refractivity contribution in [2.24, 2.45) is 0 Å². The molecule has 1 amide bonds. The summed E-state index contributed by atoms with van der Waals surface area (Å²) in [7, 11) is 1.22. The summed E-state index contributed by atoms with van der Waals surface area (Å²) in [6, 6.07) is 3.05. The third-order valence-electron chi connectivity index (χ3n) is 4.95. The van der Waals surface area contributed by atoms with Crippen molar-refractivity contribution in [3.63, 3.8) is 0 Å². The Morgan fingerprint density at radius 1 is 1.23 bits per heavy atom. The minimum absolute atomic E-state index is 0.0285. The molecule has 1 aromatic carbocycles. The van der Waals surface area contributed by atoms with Gasteiger partial charge in [0.15, 0.2) is 11.6 Å². The molecule has 0 bridgehead atoms. The minimum Gasteiger partial charge on any atom is -0.467 e. The van der Waals surface area contributed by atoms with Gasteiger partial charge in [0.25, 0.3) is 0 Å². The highest BCUT2D eigenvalue weighted by Gasteiger charge is 2.28. The molecule has 5 nitrogen and oxygen atoms in total. The van der Waals surface area contributed by atoms with Crippen LogP contribution in [-0.4, -0.2) is 48.6 Å². The van der Waals surface area contributed by atoms with Crippen LogP contribution >= 0.6 is 0 Å². The molecule has 1 saturated heterocycles. The second kappa shape index (κ2) is 9.07. The Hall–Kier alpha value is -2.02. The van der Waals surface area contributed by atoms with E-state index in [0.29, 0.717) is 17.6 Å². The number of hydrogen-bond acceptors (Lipinski definition) is 4. The van der Waals surface area contributed by atoms with Crippen LogP contribution in [0.3, 0.4) is 0 Å². The summed E-state index contributed by atoms with van der Waals surface area (Å²) in [6.45, 7) is 4.36. The average Bonchev–Trinajstić information content (AvgIpc) is 2.60. The molecule has 7 heteroatoms. The summed E-state index contributed by atoms with van der Waals surface area (Å²) in [5, 5.41) is 2.67. The number of nitrogens with one attached hydrogen (secondary N) is 1. The highest BCUT2D eigenvalue weighted by atomic mass is 19.2. The molecule has 0 radical (unpaired) electrons. The van der Waals surface area contributed by atoms with Crippen LogP contribution in [0.2, 0.25) is 0 Å². The molecular weight excluding hydrogens is 342 g/mol. The maximum atomic E-state index is 13.4. The second-order valence-corrected chi connectivity index (χ2v) is 6.90. The number of carbonyl (C=O) groups excluding carboxylic acids is 2. The molecule has 1 aliphatic heterocycles. The first kappa shape index (κ1) is 20.3. The largest absolute Gasteiger partial charge is 0.467 e. The van der Waals surface area contributed by atoms with E-state index >= 15 is 0 Å². The summed E-state index contributed by atoms with van der Waals surface area (Å²) >= 11 is 0. The van der Waals surface area contributed by atoms with Crippen molar-refractivity contribution >= 4 is 11.9 Å². The molecule has 1 fully saturated rings. The highest BCUT2D eigenvalue weighted by Crippen LogP contribution is 2.21.